The Morgan fingerprint density at radius 3 is 2.84 bits per heavy atom. The molecule has 4 nitrogen and oxygen atoms in total. The average Bonchev–Trinajstić information content (AvgIpc) is 2.34. The Kier molecular flexibility index (Phi) is 2.62. The lowest BCUT2D eigenvalue weighted by Crippen LogP contribution is -2.35. The van der Waals surface area contributed by atoms with E-state index in [9.17, 15) is 4.79 Å². The van der Waals surface area contributed by atoms with Gasteiger partial charge in [-0.1, -0.05) is 6.92 Å². The second-order valence-electron chi connectivity index (χ2n) is 5.71. The molecule has 4 heteroatoms. The van der Waals surface area contributed by atoms with E-state index in [1.54, 1.807) is 6.07 Å². The molecule has 2 unspecified atom stereocenters. The molecule has 3 rings (SSSR count). The molecule has 1 aliphatic heterocycles. The third kappa shape index (κ3) is 1.82. The van der Waals surface area contributed by atoms with Gasteiger partial charge in [0.05, 0.1) is 0 Å². The van der Waals surface area contributed by atoms with Crippen LogP contribution in [0.1, 0.15) is 37.3 Å². The van der Waals surface area contributed by atoms with Crippen molar-refractivity contribution in [2.24, 2.45) is 0 Å². The molecule has 3 heterocycles. The summed E-state index contributed by atoms with van der Waals surface area (Å²) in [7, 11) is 2.07. The fourth-order valence-electron chi connectivity index (χ4n) is 2.99. The molecule has 0 aliphatic carbocycles. The number of fused-ring (bicyclic) bond motifs is 2. The van der Waals surface area contributed by atoms with E-state index in [0.717, 1.165) is 23.2 Å². The van der Waals surface area contributed by atoms with Gasteiger partial charge >= 0.3 is 0 Å². The van der Waals surface area contributed by atoms with Crippen molar-refractivity contribution in [2.75, 3.05) is 11.9 Å². The van der Waals surface area contributed by atoms with Crippen molar-refractivity contribution >= 4 is 16.9 Å². The summed E-state index contributed by atoms with van der Waals surface area (Å²) in [6.07, 6.45) is 1.14. The van der Waals surface area contributed by atoms with Crippen molar-refractivity contribution in [3.63, 3.8) is 0 Å². The van der Waals surface area contributed by atoms with E-state index in [0.29, 0.717) is 17.6 Å². The Bertz CT molecular complexity index is 704. The number of pyridine rings is 2. The van der Waals surface area contributed by atoms with Crippen LogP contribution in [-0.4, -0.2) is 23.1 Å². The number of aromatic amines is 1. The van der Waals surface area contributed by atoms with Crippen LogP contribution in [0.2, 0.25) is 0 Å². The smallest absolute Gasteiger partial charge is 0.249 e. The topological polar surface area (TPSA) is 49.0 Å². The minimum atomic E-state index is -0.0861. The maximum Gasteiger partial charge on any atom is 0.249 e. The van der Waals surface area contributed by atoms with Gasteiger partial charge in [-0.05, 0) is 43.4 Å². The van der Waals surface area contributed by atoms with Crippen LogP contribution in [0.15, 0.2) is 16.9 Å². The molecule has 2 aromatic rings. The number of rotatable bonds is 0. The first-order chi connectivity index (χ1) is 8.97. The van der Waals surface area contributed by atoms with E-state index in [1.807, 2.05) is 6.92 Å². The quantitative estimate of drug-likeness (QED) is 0.789. The van der Waals surface area contributed by atoms with Crippen molar-refractivity contribution in [3.8, 4) is 0 Å². The van der Waals surface area contributed by atoms with Gasteiger partial charge in [-0.2, -0.15) is 0 Å². The third-order valence-electron chi connectivity index (χ3n) is 4.27. The van der Waals surface area contributed by atoms with Gasteiger partial charge in [0, 0.05) is 24.5 Å². The first-order valence-corrected chi connectivity index (χ1v) is 6.74. The maximum absolute atomic E-state index is 11.6. The van der Waals surface area contributed by atoms with E-state index < -0.39 is 0 Å². The summed E-state index contributed by atoms with van der Waals surface area (Å²) in [6, 6.07) is 4.30. The van der Waals surface area contributed by atoms with Gasteiger partial charge in [0.1, 0.15) is 11.5 Å². The second kappa shape index (κ2) is 4.08. The van der Waals surface area contributed by atoms with Gasteiger partial charge in [0.15, 0.2) is 0 Å². The zero-order valence-electron chi connectivity index (χ0n) is 11.8. The molecule has 2 aromatic heterocycles. The van der Waals surface area contributed by atoms with E-state index in [1.165, 1.54) is 5.56 Å². The standard InChI is InChI=1S/C15H19N3O/c1-8-5-10(3)18(4)15-12(8)7-11-9(2)6-13(19)16-14(11)17-15/h6-8,10H,5H2,1-4H3,(H,16,17,19). The molecule has 19 heavy (non-hydrogen) atoms. The van der Waals surface area contributed by atoms with Crippen molar-refractivity contribution in [2.45, 2.75) is 39.2 Å². The average molecular weight is 257 g/mol. The van der Waals surface area contributed by atoms with Crippen molar-refractivity contribution in [1.82, 2.24) is 9.97 Å². The fourth-order valence-corrected chi connectivity index (χ4v) is 2.99. The van der Waals surface area contributed by atoms with Crippen LogP contribution in [0.5, 0.6) is 0 Å². The first kappa shape index (κ1) is 12.2. The third-order valence-corrected chi connectivity index (χ3v) is 4.27. The molecular weight excluding hydrogens is 238 g/mol. The fraction of sp³-hybridized carbons (Fsp3) is 0.467. The number of aryl methyl sites for hydroxylation is 1. The Hall–Kier alpha value is -1.84. The maximum atomic E-state index is 11.6. The lowest BCUT2D eigenvalue weighted by atomic mass is 9.89. The zero-order chi connectivity index (χ0) is 13.7. The number of hydrogen-bond acceptors (Lipinski definition) is 3. The molecular formula is C15H19N3O. The summed E-state index contributed by atoms with van der Waals surface area (Å²) < 4.78 is 0. The lowest BCUT2D eigenvalue weighted by molar-refractivity contribution is 0.527. The van der Waals surface area contributed by atoms with Crippen molar-refractivity contribution in [1.29, 1.82) is 0 Å². The Morgan fingerprint density at radius 1 is 1.37 bits per heavy atom. The molecule has 0 saturated heterocycles. The molecule has 1 aliphatic rings. The van der Waals surface area contributed by atoms with Gasteiger partial charge < -0.3 is 9.88 Å². The lowest BCUT2D eigenvalue weighted by Gasteiger charge is -2.36. The SMILES string of the molecule is Cc1cc(=O)[nH]c2nc3c(cc12)C(C)CC(C)N3C. The molecule has 0 amide bonds. The minimum Gasteiger partial charge on any atom is -0.357 e. The molecule has 0 saturated carbocycles. The highest BCUT2D eigenvalue weighted by Crippen LogP contribution is 2.37. The van der Waals surface area contributed by atoms with E-state index in [2.05, 4.69) is 41.8 Å². The van der Waals surface area contributed by atoms with Gasteiger partial charge in [0.25, 0.3) is 0 Å². The molecule has 0 aromatic carbocycles. The summed E-state index contributed by atoms with van der Waals surface area (Å²) in [5, 5.41) is 1.05. The van der Waals surface area contributed by atoms with E-state index >= 15 is 0 Å². The summed E-state index contributed by atoms with van der Waals surface area (Å²) in [5.74, 6) is 1.50. The molecule has 0 radical (unpaired) electrons. The molecule has 2 atom stereocenters. The van der Waals surface area contributed by atoms with Gasteiger partial charge in [-0.15, -0.1) is 0 Å². The highest BCUT2D eigenvalue weighted by atomic mass is 16.1. The summed E-state index contributed by atoms with van der Waals surface area (Å²) in [5.41, 5.74) is 2.87. The van der Waals surface area contributed by atoms with Crippen molar-refractivity contribution in [3.05, 3.63) is 33.6 Å². The number of nitrogens with one attached hydrogen (secondary N) is 1. The Balaban J connectivity index is 2.33. The number of H-pyrrole nitrogens is 1. The summed E-state index contributed by atoms with van der Waals surface area (Å²) >= 11 is 0. The highest BCUT2D eigenvalue weighted by molar-refractivity contribution is 5.82. The molecule has 1 N–H and O–H groups in total. The summed E-state index contributed by atoms with van der Waals surface area (Å²) in [4.78, 5) is 21.3. The predicted octanol–water partition coefficient (Wildman–Crippen LogP) is 2.56. The van der Waals surface area contributed by atoms with Crippen LogP contribution < -0.4 is 10.5 Å². The van der Waals surface area contributed by atoms with Crippen LogP contribution >= 0.6 is 0 Å². The Morgan fingerprint density at radius 2 is 2.11 bits per heavy atom. The predicted molar refractivity (Wildman–Crippen MR) is 78.0 cm³/mol. The monoisotopic (exact) mass is 257 g/mol. The summed E-state index contributed by atoms with van der Waals surface area (Å²) in [6.45, 7) is 6.42. The van der Waals surface area contributed by atoms with E-state index in [-0.39, 0.29) is 5.56 Å². The molecule has 0 bridgehead atoms. The van der Waals surface area contributed by atoms with Crippen LogP contribution in [0.25, 0.3) is 11.0 Å². The van der Waals surface area contributed by atoms with Crippen LogP contribution in [0.3, 0.4) is 0 Å². The largest absolute Gasteiger partial charge is 0.357 e. The first-order valence-electron chi connectivity index (χ1n) is 6.74. The van der Waals surface area contributed by atoms with Crippen LogP contribution in [-0.2, 0) is 0 Å². The van der Waals surface area contributed by atoms with Gasteiger partial charge in [0.2, 0.25) is 5.56 Å². The number of nitrogens with zero attached hydrogens (tertiary/aromatic N) is 2. The molecule has 100 valence electrons. The molecule has 0 fully saturated rings. The molecule has 0 spiro atoms. The van der Waals surface area contributed by atoms with Crippen LogP contribution in [0, 0.1) is 6.92 Å². The minimum absolute atomic E-state index is 0.0861. The number of anilines is 1. The van der Waals surface area contributed by atoms with E-state index in [4.69, 9.17) is 0 Å². The van der Waals surface area contributed by atoms with Gasteiger partial charge in [-0.25, -0.2) is 4.98 Å². The Labute approximate surface area is 112 Å². The van der Waals surface area contributed by atoms with Gasteiger partial charge in [-0.3, -0.25) is 4.79 Å². The van der Waals surface area contributed by atoms with Crippen molar-refractivity contribution < 1.29 is 0 Å². The highest BCUT2D eigenvalue weighted by Gasteiger charge is 2.27. The zero-order valence-corrected chi connectivity index (χ0v) is 11.8. The normalized spacial score (nSPS) is 22.6. The number of aromatic nitrogens is 2. The second-order valence-corrected chi connectivity index (χ2v) is 5.71. The van der Waals surface area contributed by atoms with Crippen LogP contribution in [0.4, 0.5) is 5.82 Å². The number of hydrogen-bond donors (Lipinski definition) is 1.